The molecule has 2 rings (SSSR count). The quantitative estimate of drug-likeness (QED) is 0.884. The van der Waals surface area contributed by atoms with Crippen molar-refractivity contribution in [3.05, 3.63) is 63.6 Å². The largest absolute Gasteiger partial charge is 0.309 e. The van der Waals surface area contributed by atoms with Crippen molar-refractivity contribution in [1.82, 2.24) is 10.3 Å². The lowest BCUT2D eigenvalue weighted by Crippen LogP contribution is -2.24. The van der Waals surface area contributed by atoms with Gasteiger partial charge in [-0.3, -0.25) is 4.98 Å². The molecule has 0 saturated heterocycles. The Balaban J connectivity index is 2.30. The molecule has 0 fully saturated rings. The second-order valence-corrected chi connectivity index (χ2v) is 5.23. The summed E-state index contributed by atoms with van der Waals surface area (Å²) in [7, 11) is 0. The molecule has 0 amide bonds. The predicted molar refractivity (Wildman–Crippen MR) is 80.8 cm³/mol. The van der Waals surface area contributed by atoms with Crippen molar-refractivity contribution in [2.75, 3.05) is 6.54 Å². The number of likely N-dealkylation sites (N-methyl/N-ethyl adjacent to an activating group) is 1. The molecule has 5 heteroatoms. The topological polar surface area (TPSA) is 24.9 Å². The molecule has 1 heterocycles. The highest BCUT2D eigenvalue weighted by molar-refractivity contribution is 6.31. The van der Waals surface area contributed by atoms with Crippen LogP contribution in [0.5, 0.6) is 0 Å². The molecule has 0 bridgehead atoms. The summed E-state index contributed by atoms with van der Waals surface area (Å²) in [5.41, 5.74) is 1.48. The summed E-state index contributed by atoms with van der Waals surface area (Å²) in [5, 5.41) is 4.44. The van der Waals surface area contributed by atoms with E-state index >= 15 is 0 Å². The van der Waals surface area contributed by atoms with Crippen molar-refractivity contribution in [1.29, 1.82) is 0 Å². The van der Waals surface area contributed by atoms with E-state index in [1.54, 1.807) is 24.4 Å². The Labute approximate surface area is 127 Å². The molecule has 0 spiro atoms. The Kier molecular flexibility index (Phi) is 5.35. The fourth-order valence-electron chi connectivity index (χ4n) is 2.09. The molecule has 1 aromatic heterocycles. The molecule has 1 unspecified atom stereocenters. The van der Waals surface area contributed by atoms with E-state index in [-0.39, 0.29) is 11.9 Å². The third-order valence-corrected chi connectivity index (χ3v) is 3.69. The van der Waals surface area contributed by atoms with Gasteiger partial charge in [0, 0.05) is 11.2 Å². The van der Waals surface area contributed by atoms with E-state index in [9.17, 15) is 4.39 Å². The standard InChI is InChI=1S/C15H15Cl2FN2/c1-2-19-14(15-13(17)4-3-7-20-15)9-10-8-11(18)5-6-12(10)16/h3-8,14,19H,2,9H2,1H3. The summed E-state index contributed by atoms with van der Waals surface area (Å²) in [6.45, 7) is 2.75. The zero-order valence-electron chi connectivity index (χ0n) is 11.0. The molecule has 2 aromatic rings. The summed E-state index contributed by atoms with van der Waals surface area (Å²) in [5.74, 6) is -0.299. The number of hydrogen-bond donors (Lipinski definition) is 1. The van der Waals surface area contributed by atoms with Crippen LogP contribution in [0.25, 0.3) is 0 Å². The monoisotopic (exact) mass is 312 g/mol. The van der Waals surface area contributed by atoms with Gasteiger partial charge in [0.1, 0.15) is 5.82 Å². The van der Waals surface area contributed by atoms with Crippen LogP contribution in [0.2, 0.25) is 10.0 Å². The SMILES string of the molecule is CCNC(Cc1cc(F)ccc1Cl)c1ncccc1Cl. The Morgan fingerprint density at radius 3 is 2.75 bits per heavy atom. The van der Waals surface area contributed by atoms with Gasteiger partial charge in [-0.05, 0) is 48.9 Å². The zero-order valence-corrected chi connectivity index (χ0v) is 12.5. The molecule has 0 aliphatic heterocycles. The molecular weight excluding hydrogens is 298 g/mol. The number of hydrogen-bond acceptors (Lipinski definition) is 2. The summed E-state index contributed by atoms with van der Waals surface area (Å²) < 4.78 is 13.3. The van der Waals surface area contributed by atoms with Gasteiger partial charge in [-0.15, -0.1) is 0 Å². The van der Waals surface area contributed by atoms with Gasteiger partial charge in [0.05, 0.1) is 16.8 Å². The minimum Gasteiger partial charge on any atom is -0.309 e. The first kappa shape index (κ1) is 15.2. The van der Waals surface area contributed by atoms with Crippen molar-refractivity contribution in [3.8, 4) is 0 Å². The molecule has 1 atom stereocenters. The highest BCUT2D eigenvalue weighted by Gasteiger charge is 2.17. The number of nitrogens with one attached hydrogen (secondary N) is 1. The van der Waals surface area contributed by atoms with Crippen LogP contribution in [0.1, 0.15) is 24.2 Å². The van der Waals surface area contributed by atoms with E-state index in [1.807, 2.05) is 6.92 Å². The van der Waals surface area contributed by atoms with Crippen molar-refractivity contribution < 1.29 is 4.39 Å². The Hall–Kier alpha value is -1.16. The smallest absolute Gasteiger partial charge is 0.123 e. The number of aromatic nitrogens is 1. The van der Waals surface area contributed by atoms with E-state index in [1.165, 1.54) is 12.1 Å². The van der Waals surface area contributed by atoms with E-state index in [2.05, 4.69) is 10.3 Å². The number of pyridine rings is 1. The number of nitrogens with zero attached hydrogens (tertiary/aromatic N) is 1. The van der Waals surface area contributed by atoms with Crippen LogP contribution in [0.4, 0.5) is 4.39 Å². The maximum Gasteiger partial charge on any atom is 0.123 e. The van der Waals surface area contributed by atoms with E-state index in [0.717, 1.165) is 17.8 Å². The molecule has 2 nitrogen and oxygen atoms in total. The van der Waals surface area contributed by atoms with E-state index in [0.29, 0.717) is 16.5 Å². The lowest BCUT2D eigenvalue weighted by Gasteiger charge is -2.19. The van der Waals surface area contributed by atoms with Gasteiger partial charge in [0.25, 0.3) is 0 Å². The van der Waals surface area contributed by atoms with Crippen molar-refractivity contribution in [2.45, 2.75) is 19.4 Å². The Morgan fingerprint density at radius 2 is 2.05 bits per heavy atom. The first-order valence-corrected chi connectivity index (χ1v) is 7.15. The second kappa shape index (κ2) is 7.02. The van der Waals surface area contributed by atoms with Crippen LogP contribution in [-0.4, -0.2) is 11.5 Å². The average Bonchev–Trinajstić information content (AvgIpc) is 2.43. The van der Waals surface area contributed by atoms with Crippen LogP contribution in [-0.2, 0) is 6.42 Å². The summed E-state index contributed by atoms with van der Waals surface area (Å²) in [6.07, 6.45) is 2.22. The Bertz CT molecular complexity index is 590. The molecule has 1 N–H and O–H groups in total. The fraction of sp³-hybridized carbons (Fsp3) is 0.267. The normalized spacial score (nSPS) is 12.4. The van der Waals surface area contributed by atoms with Crippen LogP contribution in [0, 0.1) is 5.82 Å². The van der Waals surface area contributed by atoms with Gasteiger partial charge in [0.2, 0.25) is 0 Å². The molecular formula is C15H15Cl2FN2. The van der Waals surface area contributed by atoms with Gasteiger partial charge >= 0.3 is 0 Å². The van der Waals surface area contributed by atoms with Gasteiger partial charge < -0.3 is 5.32 Å². The van der Waals surface area contributed by atoms with Crippen LogP contribution in [0.15, 0.2) is 36.5 Å². The lowest BCUT2D eigenvalue weighted by molar-refractivity contribution is 0.534. The summed E-state index contributed by atoms with van der Waals surface area (Å²) >= 11 is 12.3. The Morgan fingerprint density at radius 1 is 1.25 bits per heavy atom. The lowest BCUT2D eigenvalue weighted by atomic mass is 10.0. The number of halogens is 3. The van der Waals surface area contributed by atoms with Crippen molar-refractivity contribution in [2.24, 2.45) is 0 Å². The average molecular weight is 313 g/mol. The third kappa shape index (κ3) is 3.69. The molecule has 0 aliphatic carbocycles. The highest BCUT2D eigenvalue weighted by Crippen LogP contribution is 2.27. The molecule has 0 saturated carbocycles. The zero-order chi connectivity index (χ0) is 14.5. The third-order valence-electron chi connectivity index (χ3n) is 3.00. The minimum absolute atomic E-state index is 0.104. The van der Waals surface area contributed by atoms with Gasteiger partial charge in [-0.1, -0.05) is 30.1 Å². The maximum atomic E-state index is 13.3. The van der Waals surface area contributed by atoms with E-state index in [4.69, 9.17) is 23.2 Å². The number of benzene rings is 1. The molecule has 1 aromatic carbocycles. The van der Waals surface area contributed by atoms with Gasteiger partial charge in [-0.2, -0.15) is 0 Å². The first-order chi connectivity index (χ1) is 9.61. The summed E-state index contributed by atoms with van der Waals surface area (Å²) in [4.78, 5) is 4.31. The number of rotatable bonds is 5. The van der Waals surface area contributed by atoms with Crippen molar-refractivity contribution in [3.63, 3.8) is 0 Å². The molecule has 0 radical (unpaired) electrons. The minimum atomic E-state index is -0.299. The highest BCUT2D eigenvalue weighted by atomic mass is 35.5. The second-order valence-electron chi connectivity index (χ2n) is 4.42. The van der Waals surface area contributed by atoms with Crippen LogP contribution >= 0.6 is 23.2 Å². The molecule has 20 heavy (non-hydrogen) atoms. The van der Waals surface area contributed by atoms with Crippen LogP contribution < -0.4 is 5.32 Å². The van der Waals surface area contributed by atoms with Crippen molar-refractivity contribution >= 4 is 23.2 Å². The van der Waals surface area contributed by atoms with Gasteiger partial charge in [0.15, 0.2) is 0 Å². The maximum absolute atomic E-state index is 13.3. The first-order valence-electron chi connectivity index (χ1n) is 6.39. The molecule has 0 aliphatic rings. The summed E-state index contributed by atoms with van der Waals surface area (Å²) in [6, 6.07) is 7.83. The van der Waals surface area contributed by atoms with E-state index < -0.39 is 0 Å². The molecule has 106 valence electrons. The fourth-order valence-corrected chi connectivity index (χ4v) is 2.53. The van der Waals surface area contributed by atoms with Crippen LogP contribution in [0.3, 0.4) is 0 Å². The predicted octanol–water partition coefficient (Wildman–Crippen LogP) is 4.42. The van der Waals surface area contributed by atoms with Gasteiger partial charge in [-0.25, -0.2) is 4.39 Å².